The lowest BCUT2D eigenvalue weighted by atomic mass is 10.2. The first-order chi connectivity index (χ1) is 11.4. The lowest BCUT2D eigenvalue weighted by molar-refractivity contribution is 0.190. The molecule has 3 aromatic rings. The molecule has 8 nitrogen and oxygen atoms in total. The van der Waals surface area contributed by atoms with Crippen molar-refractivity contribution in [3.63, 3.8) is 0 Å². The Labute approximate surface area is 145 Å². The van der Waals surface area contributed by atoms with Gasteiger partial charge in [0.25, 0.3) is 5.56 Å². The van der Waals surface area contributed by atoms with Gasteiger partial charge in [0, 0.05) is 6.20 Å². The van der Waals surface area contributed by atoms with Crippen molar-refractivity contribution in [3.8, 4) is 5.69 Å². The average Bonchev–Trinajstić information content (AvgIpc) is 3.03. The molecule has 0 saturated carbocycles. The maximum Gasteiger partial charge on any atom is 0.405 e. The van der Waals surface area contributed by atoms with E-state index in [2.05, 4.69) is 20.5 Å². The quantitative estimate of drug-likeness (QED) is 0.658. The highest BCUT2D eigenvalue weighted by Gasteiger charge is 2.22. The van der Waals surface area contributed by atoms with Crippen LogP contribution in [0.1, 0.15) is 18.8 Å². The minimum absolute atomic E-state index is 0.150. The van der Waals surface area contributed by atoms with E-state index in [4.69, 9.17) is 28.3 Å². The number of carbonyl (C=O) groups is 1. The Bertz CT molecular complexity index is 984. The zero-order valence-electron chi connectivity index (χ0n) is 12.2. The molecular weight excluding hydrogens is 357 g/mol. The number of nitrogens with one attached hydrogen (secondary N) is 2. The van der Waals surface area contributed by atoms with Crippen LogP contribution < -0.4 is 10.9 Å². The predicted molar refractivity (Wildman–Crippen MR) is 89.1 cm³/mol. The van der Waals surface area contributed by atoms with Gasteiger partial charge in [0.05, 0.1) is 38.9 Å². The third kappa shape index (κ3) is 2.70. The van der Waals surface area contributed by atoms with Gasteiger partial charge in [-0.1, -0.05) is 23.2 Å². The Morgan fingerprint density at radius 1 is 1.38 bits per heavy atom. The molecule has 0 radical (unpaired) electrons. The first kappa shape index (κ1) is 16.3. The number of nitrogens with zero attached hydrogens (tertiary/aromatic N) is 3. The molecule has 0 saturated heterocycles. The maximum atomic E-state index is 13.0. The number of amides is 1. The second-order valence-corrected chi connectivity index (χ2v) is 5.81. The second kappa shape index (κ2) is 6.14. The van der Waals surface area contributed by atoms with Crippen molar-refractivity contribution in [2.45, 2.75) is 13.0 Å². The van der Waals surface area contributed by atoms with Crippen LogP contribution >= 0.6 is 23.2 Å². The number of halogens is 2. The highest BCUT2D eigenvalue weighted by atomic mass is 35.5. The fourth-order valence-electron chi connectivity index (χ4n) is 2.39. The summed E-state index contributed by atoms with van der Waals surface area (Å²) >= 11 is 12.3. The van der Waals surface area contributed by atoms with Crippen molar-refractivity contribution < 1.29 is 9.90 Å². The van der Waals surface area contributed by atoms with Crippen molar-refractivity contribution in [2.24, 2.45) is 0 Å². The Morgan fingerprint density at radius 3 is 2.71 bits per heavy atom. The van der Waals surface area contributed by atoms with E-state index in [0.29, 0.717) is 5.69 Å². The number of H-pyrrole nitrogens is 1. The number of benzene rings is 1. The number of fused-ring (bicyclic) bond motifs is 1. The molecule has 0 aliphatic carbocycles. The normalized spacial score (nSPS) is 12.3. The SMILES string of the molecule is CC(NC(=O)O)c1nc2c(Cl)ccc(Cl)c2c(=O)n1-c1cn[nH]c1. The van der Waals surface area contributed by atoms with Crippen molar-refractivity contribution in [2.75, 3.05) is 0 Å². The van der Waals surface area contributed by atoms with Crippen LogP contribution in [0.25, 0.3) is 16.6 Å². The van der Waals surface area contributed by atoms with Gasteiger partial charge in [-0.05, 0) is 19.1 Å². The van der Waals surface area contributed by atoms with Crippen LogP contribution in [0.3, 0.4) is 0 Å². The zero-order chi connectivity index (χ0) is 17.4. The van der Waals surface area contributed by atoms with E-state index in [1.54, 1.807) is 6.92 Å². The summed E-state index contributed by atoms with van der Waals surface area (Å²) in [5.74, 6) is 0.167. The van der Waals surface area contributed by atoms with Gasteiger partial charge in [-0.3, -0.25) is 14.5 Å². The van der Waals surface area contributed by atoms with Crippen LogP contribution in [0, 0.1) is 0 Å². The molecule has 0 aliphatic rings. The number of hydrogen-bond acceptors (Lipinski definition) is 4. The van der Waals surface area contributed by atoms with Crippen LogP contribution in [-0.2, 0) is 0 Å². The van der Waals surface area contributed by atoms with Crippen molar-refractivity contribution in [3.05, 3.63) is 50.7 Å². The van der Waals surface area contributed by atoms with Gasteiger partial charge < -0.3 is 10.4 Å². The second-order valence-electron chi connectivity index (χ2n) is 4.99. The predicted octanol–water partition coefficient (Wildman–Crippen LogP) is 2.74. The minimum atomic E-state index is -1.24. The molecule has 1 unspecified atom stereocenters. The number of aromatic amines is 1. The average molecular weight is 368 g/mol. The summed E-state index contributed by atoms with van der Waals surface area (Å²) in [6.45, 7) is 1.57. The maximum absolute atomic E-state index is 13.0. The van der Waals surface area contributed by atoms with Crippen molar-refractivity contribution in [1.82, 2.24) is 25.1 Å². The smallest absolute Gasteiger partial charge is 0.405 e. The molecular formula is C14H11Cl2N5O3. The third-order valence-corrected chi connectivity index (χ3v) is 4.04. The number of hydrogen-bond donors (Lipinski definition) is 3. The molecule has 0 spiro atoms. The van der Waals surface area contributed by atoms with E-state index in [1.165, 1.54) is 29.1 Å². The van der Waals surface area contributed by atoms with Crippen molar-refractivity contribution in [1.29, 1.82) is 0 Å². The van der Waals surface area contributed by atoms with Gasteiger partial charge in [0.1, 0.15) is 5.82 Å². The highest BCUT2D eigenvalue weighted by molar-refractivity contribution is 6.39. The third-order valence-electron chi connectivity index (χ3n) is 3.42. The standard InChI is InChI=1S/C14H11Cl2N5O3/c1-6(19-14(23)24)12-20-11-9(16)3-2-8(15)10(11)13(22)21(12)7-4-17-18-5-7/h2-6,19H,1H3,(H,17,18)(H,23,24). The number of aromatic nitrogens is 4. The van der Waals surface area contributed by atoms with Crippen LogP contribution in [0.2, 0.25) is 10.0 Å². The summed E-state index contributed by atoms with van der Waals surface area (Å²) in [6.07, 6.45) is 1.67. The Morgan fingerprint density at radius 2 is 2.08 bits per heavy atom. The van der Waals surface area contributed by atoms with Gasteiger partial charge in [-0.2, -0.15) is 5.10 Å². The Balaban J connectivity index is 2.40. The molecule has 24 heavy (non-hydrogen) atoms. The monoisotopic (exact) mass is 367 g/mol. The molecule has 3 N–H and O–H groups in total. The molecule has 1 atom stereocenters. The van der Waals surface area contributed by atoms with Crippen LogP contribution in [-0.4, -0.2) is 30.9 Å². The van der Waals surface area contributed by atoms with E-state index >= 15 is 0 Å². The molecule has 1 aromatic carbocycles. The fourth-order valence-corrected chi connectivity index (χ4v) is 2.82. The van der Waals surface area contributed by atoms with Gasteiger partial charge in [-0.15, -0.1) is 0 Å². The lowest BCUT2D eigenvalue weighted by Gasteiger charge is -2.18. The summed E-state index contributed by atoms with van der Waals surface area (Å²) in [4.78, 5) is 28.3. The molecule has 2 aromatic heterocycles. The topological polar surface area (TPSA) is 113 Å². The van der Waals surface area contributed by atoms with E-state index in [1.807, 2.05) is 0 Å². The van der Waals surface area contributed by atoms with Gasteiger partial charge in [0.15, 0.2) is 0 Å². The molecule has 0 bridgehead atoms. The van der Waals surface area contributed by atoms with Crippen LogP contribution in [0.15, 0.2) is 29.3 Å². The lowest BCUT2D eigenvalue weighted by Crippen LogP contribution is -2.32. The van der Waals surface area contributed by atoms with Gasteiger partial charge in [-0.25, -0.2) is 9.78 Å². The van der Waals surface area contributed by atoms with E-state index in [9.17, 15) is 9.59 Å². The summed E-state index contributed by atoms with van der Waals surface area (Å²) < 4.78 is 1.24. The fraction of sp³-hybridized carbons (Fsp3) is 0.143. The van der Waals surface area contributed by atoms with E-state index < -0.39 is 17.7 Å². The van der Waals surface area contributed by atoms with E-state index in [-0.39, 0.29) is 26.8 Å². The molecule has 0 aliphatic heterocycles. The summed E-state index contributed by atoms with van der Waals surface area (Å²) in [6, 6.07) is 2.26. The molecule has 1 amide bonds. The summed E-state index contributed by atoms with van der Waals surface area (Å²) in [5.41, 5.74) is 0.144. The molecule has 2 heterocycles. The van der Waals surface area contributed by atoms with Crippen LogP contribution in [0.5, 0.6) is 0 Å². The largest absolute Gasteiger partial charge is 0.465 e. The van der Waals surface area contributed by atoms with Crippen LogP contribution in [0.4, 0.5) is 4.79 Å². The van der Waals surface area contributed by atoms with E-state index in [0.717, 1.165) is 0 Å². The highest BCUT2D eigenvalue weighted by Crippen LogP contribution is 2.28. The number of carboxylic acid groups (broad SMARTS) is 1. The molecule has 3 rings (SSSR count). The minimum Gasteiger partial charge on any atom is -0.465 e. The zero-order valence-corrected chi connectivity index (χ0v) is 13.8. The van der Waals surface area contributed by atoms with Gasteiger partial charge in [0.2, 0.25) is 0 Å². The Hall–Kier alpha value is -2.58. The molecule has 0 fully saturated rings. The number of rotatable bonds is 3. The van der Waals surface area contributed by atoms with Gasteiger partial charge >= 0.3 is 6.09 Å². The Kier molecular flexibility index (Phi) is 4.16. The molecule has 124 valence electrons. The first-order valence-corrected chi connectivity index (χ1v) is 7.55. The summed E-state index contributed by atoms with van der Waals surface area (Å²) in [5, 5.41) is 18.2. The first-order valence-electron chi connectivity index (χ1n) is 6.79. The summed E-state index contributed by atoms with van der Waals surface area (Å²) in [7, 11) is 0. The van der Waals surface area contributed by atoms with Crippen molar-refractivity contribution >= 4 is 40.2 Å². The molecule has 10 heteroatoms.